The van der Waals surface area contributed by atoms with Crippen LogP contribution in [0.1, 0.15) is 32.1 Å². The molecule has 1 aliphatic heterocycles. The molecule has 1 aromatic heterocycles. The van der Waals surface area contributed by atoms with Crippen LogP contribution in [0.15, 0.2) is 12.3 Å². The normalized spacial score (nSPS) is 24.9. The topological polar surface area (TPSA) is 67.2 Å². The van der Waals surface area contributed by atoms with Crippen LogP contribution in [0.25, 0.3) is 0 Å². The van der Waals surface area contributed by atoms with Crippen molar-refractivity contribution in [3.05, 3.63) is 12.3 Å². The molecule has 1 saturated heterocycles. The van der Waals surface area contributed by atoms with Gasteiger partial charge in [-0.15, -0.1) is 0 Å². The van der Waals surface area contributed by atoms with Gasteiger partial charge < -0.3 is 5.32 Å². The number of hydrogen-bond donors (Lipinski definition) is 1. The van der Waals surface area contributed by atoms with Crippen LogP contribution in [-0.4, -0.2) is 34.2 Å². The van der Waals surface area contributed by atoms with Gasteiger partial charge in [-0.1, -0.05) is 19.3 Å². The van der Waals surface area contributed by atoms with E-state index in [1.165, 1.54) is 11.3 Å². The zero-order valence-electron chi connectivity index (χ0n) is 11.7. The number of aromatic nitrogens is 2. The van der Waals surface area contributed by atoms with Gasteiger partial charge in [-0.25, -0.2) is 0 Å². The summed E-state index contributed by atoms with van der Waals surface area (Å²) in [4.78, 5) is 26.1. The zero-order chi connectivity index (χ0) is 14.1. The molecule has 2 aliphatic rings. The molecule has 0 aromatic carbocycles. The van der Waals surface area contributed by atoms with Crippen LogP contribution >= 0.6 is 0 Å². The van der Waals surface area contributed by atoms with E-state index in [2.05, 4.69) is 10.4 Å². The fourth-order valence-electron chi connectivity index (χ4n) is 3.20. The lowest BCUT2D eigenvalue weighted by molar-refractivity contribution is -0.132. The van der Waals surface area contributed by atoms with Crippen LogP contribution in [0, 0.1) is 5.92 Å². The fourth-order valence-corrected chi connectivity index (χ4v) is 3.20. The van der Waals surface area contributed by atoms with Crippen molar-refractivity contribution in [2.45, 2.75) is 38.1 Å². The zero-order valence-corrected chi connectivity index (χ0v) is 11.7. The lowest BCUT2D eigenvalue weighted by atomic mass is 9.82. The molecule has 108 valence electrons. The molecule has 20 heavy (non-hydrogen) atoms. The van der Waals surface area contributed by atoms with E-state index in [1.807, 2.05) is 0 Å². The summed E-state index contributed by atoms with van der Waals surface area (Å²) in [7, 11) is 1.80. The monoisotopic (exact) mass is 276 g/mol. The third-order valence-corrected chi connectivity index (χ3v) is 4.25. The minimum Gasteiger partial charge on any atom is -0.342 e. The summed E-state index contributed by atoms with van der Waals surface area (Å²) in [6.45, 7) is 0.0685. The van der Waals surface area contributed by atoms with Crippen LogP contribution in [0.4, 0.5) is 5.82 Å². The predicted octanol–water partition coefficient (Wildman–Crippen LogP) is 0.832. The van der Waals surface area contributed by atoms with Gasteiger partial charge >= 0.3 is 0 Å². The second-order valence-corrected chi connectivity index (χ2v) is 5.72. The number of aryl methyl sites for hydroxylation is 1. The minimum absolute atomic E-state index is 0.0183. The van der Waals surface area contributed by atoms with Gasteiger partial charge in [-0.3, -0.25) is 19.2 Å². The third-order valence-electron chi connectivity index (χ3n) is 4.25. The van der Waals surface area contributed by atoms with E-state index in [0.29, 0.717) is 5.82 Å². The number of rotatable bonds is 2. The molecule has 1 N–H and O–H groups in total. The maximum absolute atomic E-state index is 12.6. The minimum atomic E-state index is -0.376. The lowest BCUT2D eigenvalue weighted by Gasteiger charge is -2.36. The molecule has 1 unspecified atom stereocenters. The molecule has 0 radical (unpaired) electrons. The first-order valence-electron chi connectivity index (χ1n) is 7.25. The third kappa shape index (κ3) is 2.42. The highest BCUT2D eigenvalue weighted by Crippen LogP contribution is 2.29. The first kappa shape index (κ1) is 13.1. The first-order chi connectivity index (χ1) is 9.65. The molecule has 0 bridgehead atoms. The first-order valence-corrected chi connectivity index (χ1v) is 7.25. The SMILES string of the molecule is Cn1ccc(N2CC(=O)NC(C3CCCCC3)C2=O)n1. The number of hydrogen-bond acceptors (Lipinski definition) is 3. The summed E-state index contributed by atoms with van der Waals surface area (Å²) in [5.74, 6) is 0.723. The Balaban J connectivity index is 1.81. The van der Waals surface area contributed by atoms with Gasteiger partial charge in [0.2, 0.25) is 5.91 Å². The summed E-state index contributed by atoms with van der Waals surface area (Å²) in [5, 5.41) is 7.12. The Hall–Kier alpha value is -1.85. The fraction of sp³-hybridized carbons (Fsp3) is 0.643. The Labute approximate surface area is 118 Å². The Morgan fingerprint density at radius 2 is 2.00 bits per heavy atom. The van der Waals surface area contributed by atoms with Crippen molar-refractivity contribution in [1.82, 2.24) is 15.1 Å². The Morgan fingerprint density at radius 1 is 1.25 bits per heavy atom. The number of nitrogens with zero attached hydrogens (tertiary/aromatic N) is 3. The quantitative estimate of drug-likeness (QED) is 0.870. The number of carbonyl (C=O) groups is 2. The van der Waals surface area contributed by atoms with E-state index in [-0.39, 0.29) is 30.3 Å². The molecule has 6 nitrogen and oxygen atoms in total. The van der Waals surface area contributed by atoms with E-state index >= 15 is 0 Å². The number of nitrogens with one attached hydrogen (secondary N) is 1. The second kappa shape index (κ2) is 5.26. The maximum atomic E-state index is 12.6. The molecule has 2 heterocycles. The standard InChI is InChI=1S/C14H20N4O2/c1-17-8-7-11(16-17)18-9-12(19)15-13(14(18)20)10-5-3-2-4-6-10/h7-8,10,13H,2-6,9H2,1H3,(H,15,19). The van der Waals surface area contributed by atoms with Crippen molar-refractivity contribution < 1.29 is 9.59 Å². The van der Waals surface area contributed by atoms with Crippen LogP contribution in [-0.2, 0) is 16.6 Å². The van der Waals surface area contributed by atoms with Crippen molar-refractivity contribution in [2.75, 3.05) is 11.4 Å². The Kier molecular flexibility index (Phi) is 3.46. The molecule has 2 fully saturated rings. The van der Waals surface area contributed by atoms with Crippen molar-refractivity contribution in [3.63, 3.8) is 0 Å². The molecule has 1 aliphatic carbocycles. The van der Waals surface area contributed by atoms with Gasteiger partial charge in [0.25, 0.3) is 5.91 Å². The highest BCUT2D eigenvalue weighted by molar-refractivity contribution is 6.06. The van der Waals surface area contributed by atoms with Crippen molar-refractivity contribution >= 4 is 17.6 Å². The molecular weight excluding hydrogens is 256 g/mol. The molecule has 1 saturated carbocycles. The van der Waals surface area contributed by atoms with Gasteiger partial charge in [0, 0.05) is 19.3 Å². The van der Waals surface area contributed by atoms with E-state index in [4.69, 9.17) is 0 Å². The van der Waals surface area contributed by atoms with Gasteiger partial charge in [0.15, 0.2) is 5.82 Å². The highest BCUT2D eigenvalue weighted by Gasteiger charge is 2.39. The summed E-state index contributed by atoms with van der Waals surface area (Å²) in [6, 6.07) is 1.40. The molecular formula is C14H20N4O2. The Morgan fingerprint density at radius 3 is 2.65 bits per heavy atom. The van der Waals surface area contributed by atoms with Gasteiger partial charge in [0.1, 0.15) is 12.6 Å². The average molecular weight is 276 g/mol. The predicted molar refractivity (Wildman–Crippen MR) is 74.1 cm³/mol. The van der Waals surface area contributed by atoms with E-state index in [1.54, 1.807) is 24.0 Å². The number of carbonyl (C=O) groups excluding carboxylic acids is 2. The largest absolute Gasteiger partial charge is 0.342 e. The maximum Gasteiger partial charge on any atom is 0.251 e. The van der Waals surface area contributed by atoms with Crippen LogP contribution in [0.5, 0.6) is 0 Å². The smallest absolute Gasteiger partial charge is 0.251 e. The highest BCUT2D eigenvalue weighted by atomic mass is 16.2. The van der Waals surface area contributed by atoms with Crippen molar-refractivity contribution in [1.29, 1.82) is 0 Å². The van der Waals surface area contributed by atoms with E-state index < -0.39 is 0 Å². The molecule has 0 spiro atoms. The Bertz CT molecular complexity index is 519. The second-order valence-electron chi connectivity index (χ2n) is 5.72. The number of piperazine rings is 1. The van der Waals surface area contributed by atoms with Gasteiger partial charge in [0.05, 0.1) is 0 Å². The molecule has 3 rings (SSSR count). The summed E-state index contributed by atoms with van der Waals surface area (Å²) < 4.78 is 1.64. The van der Waals surface area contributed by atoms with E-state index in [9.17, 15) is 9.59 Å². The van der Waals surface area contributed by atoms with Gasteiger partial charge in [-0.05, 0) is 18.8 Å². The van der Waals surface area contributed by atoms with Crippen molar-refractivity contribution in [3.8, 4) is 0 Å². The molecule has 6 heteroatoms. The number of amides is 2. The average Bonchev–Trinajstić information content (AvgIpc) is 2.88. The van der Waals surface area contributed by atoms with E-state index in [0.717, 1.165) is 25.7 Å². The summed E-state index contributed by atoms with van der Waals surface area (Å²) in [5.41, 5.74) is 0. The molecule has 1 aromatic rings. The number of anilines is 1. The molecule has 1 atom stereocenters. The summed E-state index contributed by atoms with van der Waals surface area (Å²) >= 11 is 0. The molecule has 2 amide bonds. The van der Waals surface area contributed by atoms with Crippen LogP contribution in [0.3, 0.4) is 0 Å². The van der Waals surface area contributed by atoms with Crippen LogP contribution in [0.2, 0.25) is 0 Å². The lowest BCUT2D eigenvalue weighted by Crippen LogP contribution is -2.61. The van der Waals surface area contributed by atoms with Crippen LogP contribution < -0.4 is 10.2 Å². The van der Waals surface area contributed by atoms with Crippen molar-refractivity contribution in [2.24, 2.45) is 13.0 Å². The van der Waals surface area contributed by atoms with Gasteiger partial charge in [-0.2, -0.15) is 5.10 Å². The summed E-state index contributed by atoms with van der Waals surface area (Å²) in [6.07, 6.45) is 7.35.